The fourth-order valence-electron chi connectivity index (χ4n) is 2.08. The molecule has 98 valence electrons. The minimum atomic E-state index is -0.00158. The topological polar surface area (TPSA) is 58.1 Å². The molecule has 5 nitrogen and oxygen atoms in total. The Kier molecular flexibility index (Phi) is 4.12. The Morgan fingerprint density at radius 1 is 1.22 bits per heavy atom. The van der Waals surface area contributed by atoms with Crippen molar-refractivity contribution in [3.05, 3.63) is 17.8 Å². The van der Waals surface area contributed by atoms with Gasteiger partial charge in [0, 0.05) is 19.1 Å². The van der Waals surface area contributed by atoms with E-state index in [0.717, 1.165) is 25.9 Å². The van der Waals surface area contributed by atoms with Crippen LogP contribution in [0.4, 0.5) is 5.82 Å². The van der Waals surface area contributed by atoms with Gasteiger partial charge in [0.2, 0.25) is 0 Å². The van der Waals surface area contributed by atoms with Crippen LogP contribution in [0.25, 0.3) is 0 Å². The quantitative estimate of drug-likeness (QED) is 0.888. The Morgan fingerprint density at radius 3 is 2.50 bits per heavy atom. The number of likely N-dealkylation sites (tertiary alicyclic amines) is 1. The largest absolute Gasteiger partial charge is 0.366 e. The molecule has 1 aliphatic rings. The van der Waals surface area contributed by atoms with Gasteiger partial charge in [-0.3, -0.25) is 4.79 Å². The first-order valence-electron chi connectivity index (χ1n) is 6.56. The molecule has 0 aromatic carbocycles. The van der Waals surface area contributed by atoms with Crippen molar-refractivity contribution in [3.63, 3.8) is 0 Å². The number of amides is 1. The standard InChI is InChI=1S/C13H20N4O/c1-10(2)14-12-7-6-11(15-16-12)13(18)17-8-4-3-5-9-17/h6-7,10H,3-5,8-9H2,1-2H3,(H,14,16). The third-order valence-electron chi connectivity index (χ3n) is 2.96. The Hall–Kier alpha value is -1.65. The van der Waals surface area contributed by atoms with Gasteiger partial charge in [-0.25, -0.2) is 0 Å². The number of nitrogens with one attached hydrogen (secondary N) is 1. The zero-order valence-corrected chi connectivity index (χ0v) is 11.0. The summed E-state index contributed by atoms with van der Waals surface area (Å²) in [5, 5.41) is 11.2. The van der Waals surface area contributed by atoms with E-state index in [0.29, 0.717) is 17.6 Å². The molecule has 1 N–H and O–H groups in total. The van der Waals surface area contributed by atoms with Crippen LogP contribution in [0.3, 0.4) is 0 Å². The summed E-state index contributed by atoms with van der Waals surface area (Å²) in [6.45, 7) is 5.75. The molecule has 0 aliphatic carbocycles. The highest BCUT2D eigenvalue weighted by Gasteiger charge is 2.19. The minimum Gasteiger partial charge on any atom is -0.366 e. The van der Waals surface area contributed by atoms with E-state index in [1.165, 1.54) is 6.42 Å². The second-order valence-corrected chi connectivity index (χ2v) is 4.96. The van der Waals surface area contributed by atoms with E-state index in [4.69, 9.17) is 0 Å². The lowest BCUT2D eigenvalue weighted by molar-refractivity contribution is 0.0717. The maximum atomic E-state index is 12.1. The van der Waals surface area contributed by atoms with E-state index in [-0.39, 0.29) is 5.91 Å². The van der Waals surface area contributed by atoms with Gasteiger partial charge in [0.1, 0.15) is 5.82 Å². The Bertz CT molecular complexity index is 396. The molecule has 2 rings (SSSR count). The summed E-state index contributed by atoms with van der Waals surface area (Å²) in [4.78, 5) is 14.0. The van der Waals surface area contributed by atoms with Crippen LogP contribution in [-0.2, 0) is 0 Å². The van der Waals surface area contributed by atoms with Gasteiger partial charge in [-0.1, -0.05) is 0 Å². The molecule has 1 saturated heterocycles. The highest BCUT2D eigenvalue weighted by molar-refractivity contribution is 5.92. The van der Waals surface area contributed by atoms with Crippen LogP contribution in [0.5, 0.6) is 0 Å². The van der Waals surface area contributed by atoms with Crippen molar-refractivity contribution >= 4 is 11.7 Å². The summed E-state index contributed by atoms with van der Waals surface area (Å²) in [6.07, 6.45) is 3.39. The molecule has 18 heavy (non-hydrogen) atoms. The molecular formula is C13H20N4O. The molecule has 1 fully saturated rings. The number of nitrogens with zero attached hydrogens (tertiary/aromatic N) is 3. The zero-order valence-electron chi connectivity index (χ0n) is 11.0. The molecule has 0 saturated carbocycles. The maximum Gasteiger partial charge on any atom is 0.274 e. The van der Waals surface area contributed by atoms with E-state index in [9.17, 15) is 4.79 Å². The lowest BCUT2D eigenvalue weighted by Gasteiger charge is -2.26. The summed E-state index contributed by atoms with van der Waals surface area (Å²) in [7, 11) is 0. The number of rotatable bonds is 3. The number of hydrogen-bond acceptors (Lipinski definition) is 4. The molecular weight excluding hydrogens is 228 g/mol. The number of aromatic nitrogens is 2. The molecule has 0 spiro atoms. The molecule has 0 atom stereocenters. The molecule has 1 aromatic heterocycles. The lowest BCUT2D eigenvalue weighted by atomic mass is 10.1. The van der Waals surface area contributed by atoms with E-state index in [1.54, 1.807) is 6.07 Å². The van der Waals surface area contributed by atoms with Crippen LogP contribution in [-0.4, -0.2) is 40.1 Å². The number of carbonyl (C=O) groups is 1. The van der Waals surface area contributed by atoms with Crippen molar-refractivity contribution in [2.75, 3.05) is 18.4 Å². The van der Waals surface area contributed by atoms with Gasteiger partial charge in [-0.2, -0.15) is 0 Å². The molecule has 1 aromatic rings. The smallest absolute Gasteiger partial charge is 0.274 e. The monoisotopic (exact) mass is 248 g/mol. The normalized spacial score (nSPS) is 15.8. The molecule has 1 amide bonds. The van der Waals surface area contributed by atoms with Crippen LogP contribution in [0.1, 0.15) is 43.6 Å². The van der Waals surface area contributed by atoms with Crippen molar-refractivity contribution in [1.82, 2.24) is 15.1 Å². The Labute approximate surface area is 108 Å². The van der Waals surface area contributed by atoms with Gasteiger partial charge in [0.05, 0.1) is 0 Å². The van der Waals surface area contributed by atoms with Crippen molar-refractivity contribution in [3.8, 4) is 0 Å². The van der Waals surface area contributed by atoms with Gasteiger partial charge >= 0.3 is 0 Å². The molecule has 0 radical (unpaired) electrons. The van der Waals surface area contributed by atoms with Crippen molar-refractivity contribution < 1.29 is 4.79 Å². The van der Waals surface area contributed by atoms with E-state index in [2.05, 4.69) is 15.5 Å². The minimum absolute atomic E-state index is 0.00158. The fourth-order valence-corrected chi connectivity index (χ4v) is 2.08. The first kappa shape index (κ1) is 12.8. The number of anilines is 1. The third kappa shape index (κ3) is 3.18. The van der Waals surface area contributed by atoms with Crippen LogP contribution >= 0.6 is 0 Å². The highest BCUT2D eigenvalue weighted by Crippen LogP contribution is 2.12. The average Bonchev–Trinajstić information content (AvgIpc) is 2.39. The highest BCUT2D eigenvalue weighted by atomic mass is 16.2. The summed E-state index contributed by atoms with van der Waals surface area (Å²) < 4.78 is 0. The molecule has 5 heteroatoms. The number of carbonyl (C=O) groups excluding carboxylic acids is 1. The Morgan fingerprint density at radius 2 is 1.94 bits per heavy atom. The predicted octanol–water partition coefficient (Wildman–Crippen LogP) is 1.92. The van der Waals surface area contributed by atoms with E-state index in [1.807, 2.05) is 24.8 Å². The van der Waals surface area contributed by atoms with Crippen LogP contribution in [0, 0.1) is 0 Å². The van der Waals surface area contributed by atoms with E-state index < -0.39 is 0 Å². The fraction of sp³-hybridized carbons (Fsp3) is 0.615. The van der Waals surface area contributed by atoms with Gasteiger partial charge in [-0.15, -0.1) is 10.2 Å². The first-order chi connectivity index (χ1) is 8.66. The summed E-state index contributed by atoms with van der Waals surface area (Å²) in [5.41, 5.74) is 0.436. The van der Waals surface area contributed by atoms with Gasteiger partial charge in [-0.05, 0) is 45.2 Å². The maximum absolute atomic E-state index is 12.1. The SMILES string of the molecule is CC(C)Nc1ccc(C(=O)N2CCCCC2)nn1. The lowest BCUT2D eigenvalue weighted by Crippen LogP contribution is -2.36. The Balaban J connectivity index is 2.02. The summed E-state index contributed by atoms with van der Waals surface area (Å²) >= 11 is 0. The molecule has 2 heterocycles. The second kappa shape index (κ2) is 5.80. The first-order valence-corrected chi connectivity index (χ1v) is 6.56. The van der Waals surface area contributed by atoms with Gasteiger partial charge in [0.15, 0.2) is 5.69 Å². The van der Waals surface area contributed by atoms with Crippen molar-refractivity contribution in [1.29, 1.82) is 0 Å². The van der Waals surface area contributed by atoms with Crippen LogP contribution < -0.4 is 5.32 Å². The summed E-state index contributed by atoms with van der Waals surface area (Å²) in [6, 6.07) is 3.86. The molecule has 0 bridgehead atoms. The summed E-state index contributed by atoms with van der Waals surface area (Å²) in [5.74, 6) is 0.707. The van der Waals surface area contributed by atoms with Crippen molar-refractivity contribution in [2.24, 2.45) is 0 Å². The van der Waals surface area contributed by atoms with Gasteiger partial charge in [0.25, 0.3) is 5.91 Å². The van der Waals surface area contributed by atoms with Crippen LogP contribution in [0.2, 0.25) is 0 Å². The van der Waals surface area contributed by atoms with Crippen LogP contribution in [0.15, 0.2) is 12.1 Å². The predicted molar refractivity (Wildman–Crippen MR) is 70.5 cm³/mol. The van der Waals surface area contributed by atoms with Crippen molar-refractivity contribution in [2.45, 2.75) is 39.2 Å². The third-order valence-corrected chi connectivity index (χ3v) is 2.96. The number of hydrogen-bond donors (Lipinski definition) is 1. The second-order valence-electron chi connectivity index (χ2n) is 4.96. The molecule has 1 aliphatic heterocycles. The van der Waals surface area contributed by atoms with E-state index >= 15 is 0 Å². The average molecular weight is 248 g/mol. The number of piperidine rings is 1. The zero-order chi connectivity index (χ0) is 13.0. The molecule has 0 unspecified atom stereocenters. The van der Waals surface area contributed by atoms with Gasteiger partial charge < -0.3 is 10.2 Å².